The van der Waals surface area contributed by atoms with Gasteiger partial charge in [-0.05, 0) is 17.2 Å². The maximum atomic E-state index is 12.7. The Bertz CT molecular complexity index is 1100. The Hall–Kier alpha value is -2.82. The van der Waals surface area contributed by atoms with Crippen molar-refractivity contribution in [1.29, 1.82) is 0 Å². The zero-order valence-electron chi connectivity index (χ0n) is 16.3. The molecule has 0 aliphatic rings. The number of carbonyl (C=O) groups excluding carboxylic acids is 1. The number of rotatable bonds is 7. The van der Waals surface area contributed by atoms with Gasteiger partial charge < -0.3 is 9.72 Å². The summed E-state index contributed by atoms with van der Waals surface area (Å²) in [5.74, 6) is 0.0288. The van der Waals surface area contributed by atoms with Gasteiger partial charge >= 0.3 is 0 Å². The van der Waals surface area contributed by atoms with Gasteiger partial charge in [-0.1, -0.05) is 83.9 Å². The van der Waals surface area contributed by atoms with E-state index in [9.17, 15) is 4.79 Å². The average Bonchev–Trinajstić information content (AvgIpc) is 3.16. The van der Waals surface area contributed by atoms with Gasteiger partial charge in [-0.25, -0.2) is 4.98 Å². The van der Waals surface area contributed by atoms with Crippen molar-refractivity contribution in [2.45, 2.75) is 18.8 Å². The lowest BCUT2D eigenvalue weighted by molar-refractivity contribution is -0.121. The molecule has 1 N–H and O–H groups in total. The van der Waals surface area contributed by atoms with E-state index in [1.807, 2.05) is 47.0 Å². The molecule has 0 unspecified atom stereocenters. The lowest BCUT2D eigenvalue weighted by atomic mass is 9.88. The van der Waals surface area contributed by atoms with Gasteiger partial charge in [-0.3, -0.25) is 4.79 Å². The number of nitrogens with one attached hydrogen (secondary N) is 1. The van der Waals surface area contributed by atoms with Crippen molar-refractivity contribution in [2.75, 3.05) is 6.54 Å². The molecule has 0 radical (unpaired) electrons. The fourth-order valence-corrected chi connectivity index (χ4v) is 4.11. The molecule has 2 aromatic carbocycles. The minimum absolute atomic E-state index is 0.0116. The second-order valence-corrected chi connectivity index (χ2v) is 7.99. The SMILES string of the molecule is O=C(CC(c1ccccc1)c1ccccc1)NCCc1cn2cc(Cl)cc(Cl)c2n1. The summed E-state index contributed by atoms with van der Waals surface area (Å²) in [6.07, 6.45) is 4.65. The van der Waals surface area contributed by atoms with Crippen LogP contribution in [-0.4, -0.2) is 21.8 Å². The smallest absolute Gasteiger partial charge is 0.220 e. The second-order valence-electron chi connectivity index (χ2n) is 7.15. The van der Waals surface area contributed by atoms with E-state index in [2.05, 4.69) is 34.6 Å². The van der Waals surface area contributed by atoms with E-state index < -0.39 is 0 Å². The van der Waals surface area contributed by atoms with E-state index >= 15 is 0 Å². The molecule has 0 fully saturated rings. The first-order chi connectivity index (χ1) is 14.6. The number of hydrogen-bond acceptors (Lipinski definition) is 2. The zero-order valence-corrected chi connectivity index (χ0v) is 17.8. The molecule has 0 bridgehead atoms. The summed E-state index contributed by atoms with van der Waals surface area (Å²) in [6, 6.07) is 21.9. The molecule has 0 saturated heterocycles. The zero-order chi connectivity index (χ0) is 20.9. The van der Waals surface area contributed by atoms with Crippen molar-refractivity contribution in [3.05, 3.63) is 106 Å². The largest absolute Gasteiger partial charge is 0.356 e. The van der Waals surface area contributed by atoms with E-state index in [-0.39, 0.29) is 11.8 Å². The van der Waals surface area contributed by atoms with Crippen LogP contribution in [0.3, 0.4) is 0 Å². The van der Waals surface area contributed by atoms with Crippen molar-refractivity contribution in [3.8, 4) is 0 Å². The van der Waals surface area contributed by atoms with Crippen LogP contribution in [0.4, 0.5) is 0 Å². The highest BCUT2D eigenvalue weighted by molar-refractivity contribution is 6.36. The third-order valence-corrected chi connectivity index (χ3v) is 5.50. The number of nitrogens with zero attached hydrogens (tertiary/aromatic N) is 2. The Balaban J connectivity index is 1.40. The van der Waals surface area contributed by atoms with Gasteiger partial charge in [-0.2, -0.15) is 0 Å². The van der Waals surface area contributed by atoms with E-state index in [0.29, 0.717) is 35.1 Å². The Morgan fingerprint density at radius 2 is 1.60 bits per heavy atom. The first kappa shape index (κ1) is 20.5. The number of hydrogen-bond donors (Lipinski definition) is 1. The molecular weight excluding hydrogens is 417 g/mol. The number of amides is 1. The van der Waals surface area contributed by atoms with Crippen molar-refractivity contribution in [2.24, 2.45) is 0 Å². The molecule has 2 aromatic heterocycles. The number of imidazole rings is 1. The van der Waals surface area contributed by atoms with Gasteiger partial charge in [0.05, 0.1) is 15.7 Å². The standard InChI is InChI=1S/C24H21Cl2N3O/c25-19-13-22(26)24-28-20(16-29(24)15-19)11-12-27-23(30)14-21(17-7-3-1-4-8-17)18-9-5-2-6-10-18/h1-10,13,15-16,21H,11-12,14H2,(H,27,30). The summed E-state index contributed by atoms with van der Waals surface area (Å²) < 4.78 is 1.81. The number of pyridine rings is 1. The maximum Gasteiger partial charge on any atom is 0.220 e. The van der Waals surface area contributed by atoms with Crippen LogP contribution in [0.25, 0.3) is 5.65 Å². The molecule has 0 aliphatic carbocycles. The highest BCUT2D eigenvalue weighted by atomic mass is 35.5. The van der Waals surface area contributed by atoms with Gasteiger partial charge in [0.1, 0.15) is 0 Å². The van der Waals surface area contributed by atoms with Crippen molar-refractivity contribution < 1.29 is 4.79 Å². The van der Waals surface area contributed by atoms with Crippen LogP contribution in [-0.2, 0) is 11.2 Å². The highest BCUT2D eigenvalue weighted by Gasteiger charge is 2.18. The van der Waals surface area contributed by atoms with Crippen LogP contribution in [0.1, 0.15) is 29.2 Å². The van der Waals surface area contributed by atoms with Crippen molar-refractivity contribution >= 4 is 34.8 Å². The molecule has 4 aromatic rings. The number of benzene rings is 2. The Labute approximate surface area is 185 Å². The van der Waals surface area contributed by atoms with Crippen molar-refractivity contribution in [1.82, 2.24) is 14.7 Å². The molecule has 0 atom stereocenters. The van der Waals surface area contributed by atoms with E-state index in [1.54, 1.807) is 12.3 Å². The second kappa shape index (κ2) is 9.33. The van der Waals surface area contributed by atoms with Crippen LogP contribution in [0.15, 0.2) is 79.1 Å². The fraction of sp³-hybridized carbons (Fsp3) is 0.167. The molecule has 1 amide bonds. The molecule has 0 spiro atoms. The van der Waals surface area contributed by atoms with E-state index in [0.717, 1.165) is 16.8 Å². The summed E-state index contributed by atoms with van der Waals surface area (Å²) >= 11 is 12.2. The molecule has 152 valence electrons. The summed E-state index contributed by atoms with van der Waals surface area (Å²) in [7, 11) is 0. The van der Waals surface area contributed by atoms with Crippen LogP contribution < -0.4 is 5.32 Å². The lowest BCUT2D eigenvalue weighted by Crippen LogP contribution is -2.27. The topological polar surface area (TPSA) is 46.4 Å². The summed E-state index contributed by atoms with van der Waals surface area (Å²) in [6.45, 7) is 0.504. The van der Waals surface area contributed by atoms with Crippen LogP contribution in [0, 0.1) is 0 Å². The fourth-order valence-electron chi connectivity index (χ4n) is 3.58. The summed E-state index contributed by atoms with van der Waals surface area (Å²) in [5, 5.41) is 4.08. The minimum atomic E-state index is 0.0116. The Kier molecular flexibility index (Phi) is 6.36. The molecule has 30 heavy (non-hydrogen) atoms. The van der Waals surface area contributed by atoms with Crippen molar-refractivity contribution in [3.63, 3.8) is 0 Å². The maximum absolute atomic E-state index is 12.7. The van der Waals surface area contributed by atoms with Gasteiger partial charge in [0.25, 0.3) is 0 Å². The lowest BCUT2D eigenvalue weighted by Gasteiger charge is -2.17. The monoisotopic (exact) mass is 437 g/mol. The normalized spacial score (nSPS) is 11.2. The first-order valence-corrected chi connectivity index (χ1v) is 10.5. The minimum Gasteiger partial charge on any atom is -0.356 e. The number of aromatic nitrogens is 2. The predicted octanol–water partition coefficient (Wildman–Crippen LogP) is 5.52. The average molecular weight is 438 g/mol. The third-order valence-electron chi connectivity index (χ3n) is 5.02. The molecule has 0 aliphatic heterocycles. The summed E-state index contributed by atoms with van der Waals surface area (Å²) in [4.78, 5) is 17.2. The molecule has 4 nitrogen and oxygen atoms in total. The van der Waals surface area contributed by atoms with E-state index in [1.165, 1.54) is 0 Å². The van der Waals surface area contributed by atoms with Crippen LogP contribution >= 0.6 is 23.2 Å². The molecule has 2 heterocycles. The number of halogens is 2. The molecule has 4 rings (SSSR count). The number of carbonyl (C=O) groups is 1. The van der Waals surface area contributed by atoms with Gasteiger partial charge in [0.15, 0.2) is 5.65 Å². The quantitative estimate of drug-likeness (QED) is 0.413. The van der Waals surface area contributed by atoms with Gasteiger partial charge in [0.2, 0.25) is 5.91 Å². The van der Waals surface area contributed by atoms with Gasteiger partial charge in [-0.15, -0.1) is 0 Å². The van der Waals surface area contributed by atoms with E-state index in [4.69, 9.17) is 23.2 Å². The Morgan fingerprint density at radius 3 is 2.23 bits per heavy atom. The first-order valence-electron chi connectivity index (χ1n) is 9.79. The molecular formula is C24H21Cl2N3O. The highest BCUT2D eigenvalue weighted by Crippen LogP contribution is 2.27. The Morgan fingerprint density at radius 1 is 0.967 bits per heavy atom. The summed E-state index contributed by atoms with van der Waals surface area (Å²) in [5.41, 5.74) is 3.77. The van der Waals surface area contributed by atoms with Crippen LogP contribution in [0.5, 0.6) is 0 Å². The molecule has 0 saturated carbocycles. The van der Waals surface area contributed by atoms with Crippen LogP contribution in [0.2, 0.25) is 10.0 Å². The van der Waals surface area contributed by atoms with Gasteiger partial charge in [0, 0.05) is 37.7 Å². The third kappa shape index (κ3) is 4.84. The number of fused-ring (bicyclic) bond motifs is 1. The molecule has 6 heteroatoms. The predicted molar refractivity (Wildman–Crippen MR) is 121 cm³/mol.